The minimum Gasteiger partial charge on any atom is -0.497 e. The van der Waals surface area contributed by atoms with Crippen molar-refractivity contribution in [3.63, 3.8) is 0 Å². The van der Waals surface area contributed by atoms with Crippen LogP contribution in [0.3, 0.4) is 0 Å². The van der Waals surface area contributed by atoms with Crippen LogP contribution in [0.2, 0.25) is 0 Å². The zero-order valence-electron chi connectivity index (χ0n) is 15.4. The summed E-state index contributed by atoms with van der Waals surface area (Å²) in [5, 5.41) is 9.54. The highest BCUT2D eigenvalue weighted by atomic mass is 16.5. The van der Waals surface area contributed by atoms with Crippen LogP contribution in [0.1, 0.15) is 22.8 Å². The lowest BCUT2D eigenvalue weighted by Gasteiger charge is -2.11. The van der Waals surface area contributed by atoms with Crippen LogP contribution in [-0.2, 0) is 12.8 Å². The molecule has 27 heavy (non-hydrogen) atoms. The SMILES string of the molecule is COc1ccc(CCNC(=O)Nc2ccccc2Cc2nc(C)no2)cc1. The predicted octanol–water partition coefficient (Wildman–Crippen LogP) is 3.34. The fraction of sp³-hybridized carbons (Fsp3) is 0.250. The Labute approximate surface area is 157 Å². The van der Waals surface area contributed by atoms with Crippen molar-refractivity contribution in [3.05, 3.63) is 71.4 Å². The van der Waals surface area contributed by atoms with Crippen LogP contribution < -0.4 is 15.4 Å². The molecule has 1 heterocycles. The van der Waals surface area contributed by atoms with Gasteiger partial charge in [-0.25, -0.2) is 4.79 Å². The lowest BCUT2D eigenvalue weighted by atomic mass is 10.1. The molecule has 0 radical (unpaired) electrons. The second-order valence-corrected chi connectivity index (χ2v) is 6.05. The van der Waals surface area contributed by atoms with Gasteiger partial charge in [0.25, 0.3) is 0 Å². The highest BCUT2D eigenvalue weighted by Crippen LogP contribution is 2.18. The van der Waals surface area contributed by atoms with Gasteiger partial charge in [0.1, 0.15) is 5.75 Å². The molecule has 0 spiro atoms. The number of methoxy groups -OCH3 is 1. The summed E-state index contributed by atoms with van der Waals surface area (Å²) >= 11 is 0. The number of nitrogens with zero attached hydrogens (tertiary/aromatic N) is 2. The van der Waals surface area contributed by atoms with Gasteiger partial charge in [0.05, 0.1) is 13.5 Å². The number of para-hydroxylation sites is 1. The summed E-state index contributed by atoms with van der Waals surface area (Å²) in [6.07, 6.45) is 1.20. The molecule has 0 saturated carbocycles. The zero-order chi connectivity index (χ0) is 19.1. The summed E-state index contributed by atoms with van der Waals surface area (Å²) in [4.78, 5) is 16.4. The maximum absolute atomic E-state index is 12.2. The Balaban J connectivity index is 1.53. The quantitative estimate of drug-likeness (QED) is 0.669. The number of rotatable bonds is 7. The number of carbonyl (C=O) groups excluding carboxylic acids is 1. The van der Waals surface area contributed by atoms with E-state index in [-0.39, 0.29) is 6.03 Å². The highest BCUT2D eigenvalue weighted by Gasteiger charge is 2.10. The predicted molar refractivity (Wildman–Crippen MR) is 102 cm³/mol. The first kappa shape index (κ1) is 18.4. The van der Waals surface area contributed by atoms with Gasteiger partial charge < -0.3 is 19.9 Å². The van der Waals surface area contributed by atoms with E-state index in [1.54, 1.807) is 14.0 Å². The van der Waals surface area contributed by atoms with Crippen LogP contribution >= 0.6 is 0 Å². The van der Waals surface area contributed by atoms with Crippen LogP contribution in [0.5, 0.6) is 5.75 Å². The lowest BCUT2D eigenvalue weighted by Crippen LogP contribution is -2.30. The summed E-state index contributed by atoms with van der Waals surface area (Å²) < 4.78 is 10.3. The summed E-state index contributed by atoms with van der Waals surface area (Å²) in [5.74, 6) is 1.92. The van der Waals surface area contributed by atoms with Gasteiger partial charge in [-0.3, -0.25) is 0 Å². The third kappa shape index (κ3) is 5.31. The van der Waals surface area contributed by atoms with Crippen molar-refractivity contribution in [1.29, 1.82) is 0 Å². The minimum absolute atomic E-state index is 0.252. The van der Waals surface area contributed by atoms with Crippen molar-refractivity contribution in [2.45, 2.75) is 19.8 Å². The molecule has 2 amide bonds. The minimum atomic E-state index is -0.252. The van der Waals surface area contributed by atoms with Crippen LogP contribution in [0.25, 0.3) is 0 Å². The molecule has 0 aliphatic rings. The molecule has 1 aromatic heterocycles. The summed E-state index contributed by atoms with van der Waals surface area (Å²) in [6.45, 7) is 2.30. The van der Waals surface area contributed by atoms with Crippen molar-refractivity contribution < 1.29 is 14.1 Å². The Morgan fingerprint density at radius 1 is 1.15 bits per heavy atom. The first-order valence-electron chi connectivity index (χ1n) is 8.69. The zero-order valence-corrected chi connectivity index (χ0v) is 15.4. The van der Waals surface area contributed by atoms with Gasteiger partial charge in [0, 0.05) is 12.2 Å². The van der Waals surface area contributed by atoms with E-state index < -0.39 is 0 Å². The Kier molecular flexibility index (Phi) is 6.04. The molecular weight excluding hydrogens is 344 g/mol. The van der Waals surface area contributed by atoms with Crippen molar-refractivity contribution >= 4 is 11.7 Å². The molecule has 3 aromatic rings. The number of hydrogen-bond donors (Lipinski definition) is 2. The van der Waals surface area contributed by atoms with E-state index in [1.807, 2.05) is 48.5 Å². The van der Waals surface area contributed by atoms with Gasteiger partial charge in [0.15, 0.2) is 5.82 Å². The van der Waals surface area contributed by atoms with Gasteiger partial charge >= 0.3 is 6.03 Å². The van der Waals surface area contributed by atoms with E-state index in [0.717, 1.165) is 29.0 Å². The second-order valence-electron chi connectivity index (χ2n) is 6.05. The maximum Gasteiger partial charge on any atom is 0.319 e. The average Bonchev–Trinajstić information content (AvgIpc) is 3.09. The number of amides is 2. The number of urea groups is 1. The number of benzene rings is 2. The average molecular weight is 366 g/mol. The van der Waals surface area contributed by atoms with Gasteiger partial charge in [-0.1, -0.05) is 35.5 Å². The monoisotopic (exact) mass is 366 g/mol. The molecule has 2 aromatic carbocycles. The molecule has 3 rings (SSSR count). The molecule has 7 heteroatoms. The molecule has 140 valence electrons. The third-order valence-electron chi connectivity index (χ3n) is 4.04. The topological polar surface area (TPSA) is 89.3 Å². The van der Waals surface area contributed by atoms with Crippen LogP contribution in [0.4, 0.5) is 10.5 Å². The van der Waals surface area contributed by atoms with E-state index in [0.29, 0.717) is 24.7 Å². The highest BCUT2D eigenvalue weighted by molar-refractivity contribution is 5.90. The second kappa shape index (κ2) is 8.84. The Bertz CT molecular complexity index is 890. The van der Waals surface area contributed by atoms with Crippen molar-refractivity contribution in [3.8, 4) is 5.75 Å². The van der Waals surface area contributed by atoms with Crippen molar-refractivity contribution in [2.24, 2.45) is 0 Å². The first-order valence-corrected chi connectivity index (χ1v) is 8.69. The van der Waals surface area contributed by atoms with Crippen molar-refractivity contribution in [2.75, 3.05) is 19.0 Å². The van der Waals surface area contributed by atoms with Gasteiger partial charge in [-0.15, -0.1) is 0 Å². The fourth-order valence-electron chi connectivity index (χ4n) is 2.65. The van der Waals surface area contributed by atoms with Gasteiger partial charge in [-0.2, -0.15) is 4.98 Å². The number of nitrogens with one attached hydrogen (secondary N) is 2. The number of anilines is 1. The molecule has 0 aliphatic carbocycles. The first-order chi connectivity index (χ1) is 13.1. The largest absolute Gasteiger partial charge is 0.497 e. The summed E-state index contributed by atoms with van der Waals surface area (Å²) in [7, 11) is 1.64. The number of aromatic nitrogens is 2. The van der Waals surface area contributed by atoms with Crippen LogP contribution in [0, 0.1) is 6.92 Å². The molecule has 0 fully saturated rings. The number of aryl methyl sites for hydroxylation is 1. The van der Waals surface area contributed by atoms with E-state index >= 15 is 0 Å². The third-order valence-corrected chi connectivity index (χ3v) is 4.04. The lowest BCUT2D eigenvalue weighted by molar-refractivity contribution is 0.252. The summed E-state index contributed by atoms with van der Waals surface area (Å²) in [5.41, 5.74) is 2.75. The molecule has 0 aliphatic heterocycles. The molecule has 7 nitrogen and oxygen atoms in total. The van der Waals surface area contributed by atoms with E-state index in [2.05, 4.69) is 20.8 Å². The molecule has 0 bridgehead atoms. The fourth-order valence-corrected chi connectivity index (χ4v) is 2.65. The summed E-state index contributed by atoms with van der Waals surface area (Å²) in [6, 6.07) is 15.1. The molecule has 0 unspecified atom stereocenters. The Morgan fingerprint density at radius 3 is 2.63 bits per heavy atom. The molecule has 0 saturated heterocycles. The smallest absolute Gasteiger partial charge is 0.319 e. The van der Waals surface area contributed by atoms with Gasteiger partial charge in [0.2, 0.25) is 5.89 Å². The Hall–Kier alpha value is -3.35. The van der Waals surface area contributed by atoms with Crippen LogP contribution in [0.15, 0.2) is 53.1 Å². The van der Waals surface area contributed by atoms with Crippen LogP contribution in [-0.4, -0.2) is 29.8 Å². The van der Waals surface area contributed by atoms with E-state index in [4.69, 9.17) is 9.26 Å². The molecule has 0 atom stereocenters. The normalized spacial score (nSPS) is 10.4. The number of hydrogen-bond acceptors (Lipinski definition) is 5. The van der Waals surface area contributed by atoms with Crippen molar-refractivity contribution in [1.82, 2.24) is 15.5 Å². The maximum atomic E-state index is 12.2. The van der Waals surface area contributed by atoms with E-state index in [1.165, 1.54) is 0 Å². The Morgan fingerprint density at radius 2 is 1.93 bits per heavy atom. The standard InChI is InChI=1S/C20H22N4O3/c1-14-22-19(27-24-14)13-16-5-3-4-6-18(16)23-20(25)21-12-11-15-7-9-17(26-2)10-8-15/h3-10H,11-13H2,1-2H3,(H2,21,23,25). The van der Waals surface area contributed by atoms with E-state index in [9.17, 15) is 4.79 Å². The number of carbonyl (C=O) groups is 1. The van der Waals surface area contributed by atoms with Gasteiger partial charge in [-0.05, 0) is 42.7 Å². The molecular formula is C20H22N4O3. The number of ether oxygens (including phenoxy) is 1. The molecule has 2 N–H and O–H groups in total.